The zero-order valence-corrected chi connectivity index (χ0v) is 14.4. The van der Waals surface area contributed by atoms with E-state index in [4.69, 9.17) is 0 Å². The minimum Gasteiger partial charge on any atom is -0.550 e. The molecule has 1 atom stereocenters. The van der Waals surface area contributed by atoms with Gasteiger partial charge in [-0.3, -0.25) is 0 Å². The predicted molar refractivity (Wildman–Crippen MR) is 74.5 cm³/mol. The summed E-state index contributed by atoms with van der Waals surface area (Å²) in [6.45, 7) is 2.20. The Hall–Kier alpha value is -0.125. The summed E-state index contributed by atoms with van der Waals surface area (Å²) in [5.74, 6) is -3.80. The van der Waals surface area contributed by atoms with Crippen LogP contribution in [0.3, 0.4) is 0 Å². The Morgan fingerprint density at radius 3 is 1.86 bits per heavy atom. The van der Waals surface area contributed by atoms with Crippen molar-refractivity contribution in [2.45, 2.75) is 71.1 Å². The molecule has 0 aliphatic rings. The van der Waals surface area contributed by atoms with Crippen LogP contribution in [0.1, 0.15) is 71.1 Å². The van der Waals surface area contributed by atoms with Crippen molar-refractivity contribution in [1.29, 1.82) is 0 Å². The summed E-state index contributed by atoms with van der Waals surface area (Å²) >= 11 is 0. The Morgan fingerprint density at radius 1 is 0.909 bits per heavy atom. The zero-order valence-electron chi connectivity index (χ0n) is 14.4. The van der Waals surface area contributed by atoms with Crippen LogP contribution in [-0.4, -0.2) is 11.9 Å². The smallest absolute Gasteiger partial charge is 0.550 e. The molecule has 0 aromatic carbocycles. The Morgan fingerprint density at radius 2 is 1.41 bits per heavy atom. The van der Waals surface area contributed by atoms with Gasteiger partial charge in [-0.2, -0.15) is 0 Å². The van der Waals surface area contributed by atoms with E-state index in [9.17, 15) is 19.8 Å². The van der Waals surface area contributed by atoms with E-state index in [1.165, 1.54) is 44.6 Å². The van der Waals surface area contributed by atoms with Crippen LogP contribution in [0.15, 0.2) is 12.2 Å². The Kier molecular flexibility index (Phi) is 23.0. The Balaban J connectivity index is -0.00000180. The van der Waals surface area contributed by atoms with Gasteiger partial charge in [0.15, 0.2) is 0 Å². The molecule has 116 valence electrons. The fourth-order valence-corrected chi connectivity index (χ4v) is 2.07. The minimum atomic E-state index is -1.36. The number of aliphatic carboxylic acids is 2. The first-order valence-electron chi connectivity index (χ1n) is 7.65. The summed E-state index contributed by atoms with van der Waals surface area (Å²) in [4.78, 5) is 21.0. The molecule has 0 saturated carbocycles. The molecule has 0 aromatic heterocycles. The largest absolute Gasteiger partial charge is 1.00 e. The number of unbranched alkanes of at least 4 members (excludes halogenated alkanes) is 8. The van der Waals surface area contributed by atoms with Crippen LogP contribution in [0.2, 0.25) is 0 Å². The van der Waals surface area contributed by atoms with Crippen molar-refractivity contribution < 1.29 is 57.5 Å². The second-order valence-corrected chi connectivity index (χ2v) is 5.19. The number of hydrogen-bond donors (Lipinski definition) is 0. The van der Waals surface area contributed by atoms with E-state index in [1.807, 2.05) is 0 Å². The fraction of sp³-hybridized carbons (Fsp3) is 0.750. The molecule has 0 spiro atoms. The van der Waals surface area contributed by atoms with Crippen LogP contribution in [0.25, 0.3) is 0 Å². The van der Waals surface area contributed by atoms with E-state index in [1.54, 1.807) is 6.08 Å². The summed E-state index contributed by atoms with van der Waals surface area (Å²) in [6.07, 6.45) is 13.2. The van der Waals surface area contributed by atoms with Gasteiger partial charge in [0.25, 0.3) is 0 Å². The fourth-order valence-electron chi connectivity index (χ4n) is 2.07. The molecule has 22 heavy (non-hydrogen) atoms. The molecule has 6 heteroatoms. The summed E-state index contributed by atoms with van der Waals surface area (Å²) < 4.78 is 0. The number of carboxylic acid groups (broad SMARTS) is 2. The molecular formula is C16H26Li2O4. The van der Waals surface area contributed by atoms with E-state index in [0.717, 1.165) is 19.3 Å². The monoisotopic (exact) mass is 296 g/mol. The van der Waals surface area contributed by atoms with Gasteiger partial charge in [-0.15, -0.1) is 0 Å². The molecule has 0 aliphatic carbocycles. The minimum absolute atomic E-state index is 0. The van der Waals surface area contributed by atoms with Gasteiger partial charge < -0.3 is 19.8 Å². The van der Waals surface area contributed by atoms with Crippen LogP contribution in [0, 0.1) is 5.92 Å². The molecule has 0 aromatic rings. The molecule has 0 bridgehead atoms. The number of carbonyl (C=O) groups is 2. The molecule has 1 unspecified atom stereocenters. The average molecular weight is 296 g/mol. The Bertz CT molecular complexity index is 307. The molecule has 0 rings (SSSR count). The van der Waals surface area contributed by atoms with Gasteiger partial charge in [0.2, 0.25) is 0 Å². The summed E-state index contributed by atoms with van der Waals surface area (Å²) in [5.41, 5.74) is 0. The van der Waals surface area contributed by atoms with Crippen molar-refractivity contribution in [3.05, 3.63) is 12.2 Å². The van der Waals surface area contributed by atoms with Crippen LogP contribution in [-0.2, 0) is 9.59 Å². The van der Waals surface area contributed by atoms with Crippen LogP contribution < -0.4 is 47.9 Å². The first kappa shape index (κ1) is 26.8. The first-order valence-corrected chi connectivity index (χ1v) is 7.65. The van der Waals surface area contributed by atoms with E-state index in [-0.39, 0.29) is 37.7 Å². The van der Waals surface area contributed by atoms with Gasteiger partial charge in [0.05, 0.1) is 0 Å². The molecule has 0 fully saturated rings. The van der Waals surface area contributed by atoms with Gasteiger partial charge in [-0.05, 0) is 19.3 Å². The first-order chi connectivity index (χ1) is 9.57. The quantitative estimate of drug-likeness (QED) is 0.195. The molecule has 0 saturated heterocycles. The maximum absolute atomic E-state index is 10.7. The topological polar surface area (TPSA) is 80.3 Å². The predicted octanol–water partition coefficient (Wildman–Crippen LogP) is -4.41. The van der Waals surface area contributed by atoms with Gasteiger partial charge in [0, 0.05) is 17.9 Å². The maximum atomic E-state index is 10.7. The van der Waals surface area contributed by atoms with Crippen molar-refractivity contribution in [2.75, 3.05) is 0 Å². The maximum Gasteiger partial charge on any atom is 1.00 e. The van der Waals surface area contributed by atoms with Crippen LogP contribution in [0.5, 0.6) is 0 Å². The number of hydrogen-bond acceptors (Lipinski definition) is 4. The van der Waals surface area contributed by atoms with Gasteiger partial charge in [-0.1, -0.05) is 64.0 Å². The summed E-state index contributed by atoms with van der Waals surface area (Å²) in [6, 6.07) is 0. The van der Waals surface area contributed by atoms with Gasteiger partial charge >= 0.3 is 37.7 Å². The van der Waals surface area contributed by atoms with Crippen molar-refractivity contribution in [3.63, 3.8) is 0 Å². The van der Waals surface area contributed by atoms with E-state index in [2.05, 4.69) is 6.92 Å². The van der Waals surface area contributed by atoms with Gasteiger partial charge in [0.1, 0.15) is 0 Å². The van der Waals surface area contributed by atoms with Crippen molar-refractivity contribution in [1.82, 2.24) is 0 Å². The third-order valence-electron chi connectivity index (χ3n) is 3.28. The van der Waals surface area contributed by atoms with E-state index in [0.29, 0.717) is 0 Å². The van der Waals surface area contributed by atoms with Crippen molar-refractivity contribution in [2.24, 2.45) is 5.92 Å². The normalized spacial score (nSPS) is 11.5. The van der Waals surface area contributed by atoms with Crippen LogP contribution >= 0.6 is 0 Å². The third-order valence-corrected chi connectivity index (χ3v) is 3.28. The summed E-state index contributed by atoms with van der Waals surface area (Å²) in [7, 11) is 0. The standard InChI is InChI=1S/C16H28O4.2Li/c1-2-3-4-5-6-7-8-9-10-11-12-14(16(19)20)13-15(17)18;;/h11-12,14H,2-10,13H2,1H3,(H,17,18)(H,19,20);;/q;2*+1/p-2/b12-11+;;. The average Bonchev–Trinajstić information content (AvgIpc) is 2.39. The van der Waals surface area contributed by atoms with Crippen molar-refractivity contribution in [3.8, 4) is 0 Å². The van der Waals surface area contributed by atoms with Crippen molar-refractivity contribution >= 4 is 11.9 Å². The molecule has 0 amide bonds. The van der Waals surface area contributed by atoms with E-state index < -0.39 is 24.3 Å². The number of rotatable bonds is 13. The third kappa shape index (κ3) is 17.9. The van der Waals surface area contributed by atoms with Gasteiger partial charge in [-0.25, -0.2) is 0 Å². The Labute approximate surface area is 158 Å². The molecule has 0 heterocycles. The summed E-state index contributed by atoms with van der Waals surface area (Å²) in [5, 5.41) is 21.0. The number of allylic oxidation sites excluding steroid dienone is 1. The second-order valence-electron chi connectivity index (χ2n) is 5.19. The SMILES string of the molecule is CCCCCCCCCC/C=C/C(CC(=O)[O-])C(=O)[O-].[Li+].[Li+]. The van der Waals surface area contributed by atoms with Crippen LogP contribution in [0.4, 0.5) is 0 Å². The number of carbonyl (C=O) groups excluding carboxylic acids is 2. The molecule has 0 aliphatic heterocycles. The second kappa shape index (κ2) is 18.9. The zero-order chi connectivity index (χ0) is 15.2. The molecular weight excluding hydrogens is 270 g/mol. The number of carboxylic acids is 2. The molecule has 4 nitrogen and oxygen atoms in total. The van der Waals surface area contributed by atoms with E-state index >= 15 is 0 Å². The molecule has 0 radical (unpaired) electrons. The molecule has 0 N–H and O–H groups in total.